The van der Waals surface area contributed by atoms with Gasteiger partial charge >= 0.3 is 0 Å². The van der Waals surface area contributed by atoms with Gasteiger partial charge in [-0.2, -0.15) is 0 Å². The highest BCUT2D eigenvalue weighted by Crippen LogP contribution is 2.02. The van der Waals surface area contributed by atoms with Crippen LogP contribution in [0.4, 0.5) is 4.39 Å². The molecule has 0 fully saturated rings. The van der Waals surface area contributed by atoms with Crippen molar-refractivity contribution >= 4 is 18.3 Å². The molecule has 0 aromatic heterocycles. The van der Waals surface area contributed by atoms with Crippen molar-refractivity contribution in [2.75, 3.05) is 13.1 Å². The van der Waals surface area contributed by atoms with Gasteiger partial charge in [-0.25, -0.2) is 4.39 Å². The van der Waals surface area contributed by atoms with E-state index >= 15 is 0 Å². The summed E-state index contributed by atoms with van der Waals surface area (Å²) in [6.07, 6.45) is 1.72. The fraction of sp³-hybridized carbons (Fsp3) is 0.500. The molecule has 0 aliphatic rings. The van der Waals surface area contributed by atoms with E-state index in [4.69, 9.17) is 0 Å². The molecule has 0 spiro atoms. The Morgan fingerprint density at radius 1 is 1.26 bits per heavy atom. The van der Waals surface area contributed by atoms with Gasteiger partial charge in [0.05, 0.1) is 6.04 Å². The number of hydrogen-bond acceptors (Lipinski definition) is 2. The number of benzene rings is 1. The number of rotatable bonds is 7. The molecule has 108 valence electrons. The van der Waals surface area contributed by atoms with Gasteiger partial charge in [0.1, 0.15) is 5.82 Å². The highest BCUT2D eigenvalue weighted by molar-refractivity contribution is 5.85. The smallest absolute Gasteiger partial charge is 0.236 e. The molecular formula is C14H22ClFN2O. The molecule has 2 N–H and O–H groups in total. The zero-order chi connectivity index (χ0) is 13.4. The van der Waals surface area contributed by atoms with Crippen LogP contribution in [0.5, 0.6) is 0 Å². The van der Waals surface area contributed by atoms with Gasteiger partial charge in [-0.15, -0.1) is 12.4 Å². The largest absolute Gasteiger partial charge is 0.354 e. The minimum atomic E-state index is -0.236. The first-order chi connectivity index (χ1) is 8.63. The number of halogens is 2. The highest BCUT2D eigenvalue weighted by Gasteiger charge is 2.10. The maximum Gasteiger partial charge on any atom is 0.236 e. The third kappa shape index (κ3) is 7.13. The van der Waals surface area contributed by atoms with Crippen LogP contribution in [-0.2, 0) is 11.2 Å². The zero-order valence-electron chi connectivity index (χ0n) is 11.4. The average molecular weight is 289 g/mol. The lowest BCUT2D eigenvalue weighted by molar-refractivity contribution is -0.122. The number of carbonyl (C=O) groups is 1. The van der Waals surface area contributed by atoms with Crippen molar-refractivity contribution in [2.45, 2.75) is 32.7 Å². The predicted octanol–water partition coefficient (Wildman–Crippen LogP) is 2.29. The molecule has 1 amide bonds. The van der Waals surface area contributed by atoms with Crippen LogP contribution in [0, 0.1) is 5.82 Å². The van der Waals surface area contributed by atoms with E-state index < -0.39 is 0 Å². The van der Waals surface area contributed by atoms with E-state index in [9.17, 15) is 9.18 Å². The van der Waals surface area contributed by atoms with Gasteiger partial charge in [0.2, 0.25) is 5.91 Å². The molecule has 19 heavy (non-hydrogen) atoms. The van der Waals surface area contributed by atoms with Gasteiger partial charge < -0.3 is 10.6 Å². The summed E-state index contributed by atoms with van der Waals surface area (Å²) in [6, 6.07) is 6.17. The maximum absolute atomic E-state index is 12.7. The van der Waals surface area contributed by atoms with Crippen molar-refractivity contribution in [3.8, 4) is 0 Å². The van der Waals surface area contributed by atoms with Crippen molar-refractivity contribution in [2.24, 2.45) is 0 Å². The van der Waals surface area contributed by atoms with E-state index in [0.717, 1.165) is 18.5 Å². The molecule has 0 aliphatic carbocycles. The molecule has 5 heteroatoms. The molecule has 0 aliphatic heterocycles. The van der Waals surface area contributed by atoms with Crippen LogP contribution in [0.3, 0.4) is 0 Å². The van der Waals surface area contributed by atoms with Crippen LogP contribution in [0.1, 0.15) is 25.8 Å². The van der Waals surface area contributed by atoms with Crippen LogP contribution >= 0.6 is 12.4 Å². The Morgan fingerprint density at radius 2 is 1.89 bits per heavy atom. The predicted molar refractivity (Wildman–Crippen MR) is 78.1 cm³/mol. The maximum atomic E-state index is 12.7. The third-order valence-corrected chi connectivity index (χ3v) is 2.72. The molecule has 0 saturated carbocycles. The minimum Gasteiger partial charge on any atom is -0.354 e. The second kappa shape index (κ2) is 9.75. The van der Waals surface area contributed by atoms with Crippen LogP contribution < -0.4 is 10.6 Å². The molecule has 3 nitrogen and oxygen atoms in total. The second-order valence-electron chi connectivity index (χ2n) is 4.34. The van der Waals surface area contributed by atoms with Crippen molar-refractivity contribution < 1.29 is 9.18 Å². The van der Waals surface area contributed by atoms with Gasteiger partial charge in [0.25, 0.3) is 0 Å². The van der Waals surface area contributed by atoms with Gasteiger partial charge in [0.15, 0.2) is 0 Å². The first-order valence-electron chi connectivity index (χ1n) is 6.39. The summed E-state index contributed by atoms with van der Waals surface area (Å²) in [4.78, 5) is 11.7. The first-order valence-corrected chi connectivity index (χ1v) is 6.39. The van der Waals surface area contributed by atoms with Crippen molar-refractivity contribution in [1.29, 1.82) is 0 Å². The summed E-state index contributed by atoms with van der Waals surface area (Å²) >= 11 is 0. The summed E-state index contributed by atoms with van der Waals surface area (Å²) in [5.74, 6) is -0.231. The Kier molecular flexibility index (Phi) is 9.17. The van der Waals surface area contributed by atoms with Crippen LogP contribution in [0.15, 0.2) is 24.3 Å². The molecule has 0 bridgehead atoms. The number of amides is 1. The molecule has 1 aromatic carbocycles. The molecule has 0 saturated heterocycles. The first kappa shape index (κ1) is 17.9. The van der Waals surface area contributed by atoms with E-state index in [1.807, 2.05) is 6.92 Å². The van der Waals surface area contributed by atoms with Crippen molar-refractivity contribution in [1.82, 2.24) is 10.6 Å². The molecule has 1 atom stereocenters. The summed E-state index contributed by atoms with van der Waals surface area (Å²) in [6.45, 7) is 5.32. The van der Waals surface area contributed by atoms with Gasteiger partial charge in [-0.3, -0.25) is 4.79 Å². The summed E-state index contributed by atoms with van der Waals surface area (Å²) in [5, 5.41) is 5.99. The lowest BCUT2D eigenvalue weighted by Gasteiger charge is -2.13. The van der Waals surface area contributed by atoms with Gasteiger partial charge in [-0.05, 0) is 44.0 Å². The Hall–Kier alpha value is -1.13. The van der Waals surface area contributed by atoms with Crippen LogP contribution in [0.25, 0.3) is 0 Å². The number of hydrogen-bond donors (Lipinski definition) is 2. The Morgan fingerprint density at radius 3 is 2.47 bits per heavy atom. The number of carbonyl (C=O) groups excluding carboxylic acids is 1. The second-order valence-corrected chi connectivity index (χ2v) is 4.34. The molecule has 0 radical (unpaired) electrons. The lowest BCUT2D eigenvalue weighted by atomic mass is 10.1. The standard InChI is InChI=1S/C14H21FN2O.ClH/c1-3-9-16-11(2)14(18)17-10-8-12-4-6-13(15)7-5-12;/h4-7,11,16H,3,8-10H2,1-2H3,(H,17,18);1H. The zero-order valence-corrected chi connectivity index (χ0v) is 12.2. The van der Waals surface area contributed by atoms with E-state index in [1.54, 1.807) is 12.1 Å². The Balaban J connectivity index is 0.00000324. The number of nitrogens with one attached hydrogen (secondary N) is 2. The molecular weight excluding hydrogens is 267 g/mol. The Labute approximate surface area is 120 Å². The monoisotopic (exact) mass is 288 g/mol. The molecule has 1 rings (SSSR count). The third-order valence-electron chi connectivity index (χ3n) is 2.72. The fourth-order valence-electron chi connectivity index (χ4n) is 1.59. The van der Waals surface area contributed by atoms with Gasteiger partial charge in [-0.1, -0.05) is 19.1 Å². The average Bonchev–Trinajstić information content (AvgIpc) is 2.38. The quantitative estimate of drug-likeness (QED) is 0.808. The molecule has 1 unspecified atom stereocenters. The summed E-state index contributed by atoms with van der Waals surface area (Å²) in [5.41, 5.74) is 1.02. The lowest BCUT2D eigenvalue weighted by Crippen LogP contribution is -2.43. The van der Waals surface area contributed by atoms with E-state index in [-0.39, 0.29) is 30.2 Å². The van der Waals surface area contributed by atoms with E-state index in [1.165, 1.54) is 12.1 Å². The fourth-order valence-corrected chi connectivity index (χ4v) is 1.59. The van der Waals surface area contributed by atoms with Crippen molar-refractivity contribution in [3.63, 3.8) is 0 Å². The van der Waals surface area contributed by atoms with Gasteiger partial charge in [0, 0.05) is 6.54 Å². The molecule has 1 aromatic rings. The minimum absolute atomic E-state index is 0. The van der Waals surface area contributed by atoms with Crippen molar-refractivity contribution in [3.05, 3.63) is 35.6 Å². The molecule has 0 heterocycles. The highest BCUT2D eigenvalue weighted by atomic mass is 35.5. The van der Waals surface area contributed by atoms with E-state index in [2.05, 4.69) is 17.6 Å². The van der Waals surface area contributed by atoms with Crippen LogP contribution in [-0.4, -0.2) is 25.0 Å². The SMILES string of the molecule is CCCNC(C)C(=O)NCCc1ccc(F)cc1.Cl. The normalized spacial score (nSPS) is 11.5. The van der Waals surface area contributed by atoms with E-state index in [0.29, 0.717) is 13.0 Å². The topological polar surface area (TPSA) is 41.1 Å². The summed E-state index contributed by atoms with van der Waals surface area (Å²) in [7, 11) is 0. The van der Waals surface area contributed by atoms with Crippen LogP contribution in [0.2, 0.25) is 0 Å². The summed E-state index contributed by atoms with van der Waals surface area (Å²) < 4.78 is 12.7. The Bertz CT molecular complexity index is 370.